The Bertz CT molecular complexity index is 554. The number of rotatable bonds is 3. The Balaban J connectivity index is 1.89. The number of benzene rings is 1. The minimum absolute atomic E-state index is 0.110. The molecular weight excluding hydrogens is 292 g/mol. The van der Waals surface area contributed by atoms with Crippen LogP contribution in [0.1, 0.15) is 31.2 Å². The molecule has 1 aliphatic rings. The van der Waals surface area contributed by atoms with Crippen molar-refractivity contribution in [3.8, 4) is 0 Å². The van der Waals surface area contributed by atoms with E-state index in [0.717, 1.165) is 18.4 Å². The number of carbonyl (C=O) groups is 2. The predicted molar refractivity (Wildman–Crippen MR) is 81.2 cm³/mol. The van der Waals surface area contributed by atoms with E-state index in [2.05, 4.69) is 10.6 Å². The number of nitrogens with one attached hydrogen (secondary N) is 2. The highest BCUT2D eigenvalue weighted by molar-refractivity contribution is 6.39. The molecule has 1 aromatic carbocycles. The first kappa shape index (κ1) is 15.8. The van der Waals surface area contributed by atoms with E-state index in [-0.39, 0.29) is 6.54 Å². The SMILES string of the molecule is Cc1cc(Cl)ccc1NC(=O)C(=O)NCC1(O)CCCC1. The number of halogens is 1. The van der Waals surface area contributed by atoms with Gasteiger partial charge in [0.05, 0.1) is 5.60 Å². The van der Waals surface area contributed by atoms with Crippen LogP contribution < -0.4 is 10.6 Å². The number of aryl methyl sites for hydroxylation is 1. The first-order chi connectivity index (χ1) is 9.89. The smallest absolute Gasteiger partial charge is 0.313 e. The van der Waals surface area contributed by atoms with Gasteiger partial charge < -0.3 is 15.7 Å². The molecule has 5 nitrogen and oxygen atoms in total. The standard InChI is InChI=1S/C15H19ClN2O3/c1-10-8-11(16)4-5-12(10)18-14(20)13(19)17-9-15(21)6-2-3-7-15/h4-5,8,21H,2-3,6-7,9H2,1H3,(H,17,19)(H,18,20). The van der Waals surface area contributed by atoms with Gasteiger partial charge in [-0.05, 0) is 43.5 Å². The molecule has 0 aromatic heterocycles. The third-order valence-corrected chi connectivity index (χ3v) is 3.99. The highest BCUT2D eigenvalue weighted by Gasteiger charge is 2.32. The van der Waals surface area contributed by atoms with Crippen LogP contribution in [0, 0.1) is 6.92 Å². The molecule has 0 atom stereocenters. The van der Waals surface area contributed by atoms with Crippen LogP contribution in [0.3, 0.4) is 0 Å². The maximum absolute atomic E-state index is 11.8. The van der Waals surface area contributed by atoms with Crippen LogP contribution in [0.4, 0.5) is 5.69 Å². The van der Waals surface area contributed by atoms with Crippen LogP contribution in [0.2, 0.25) is 5.02 Å². The van der Waals surface area contributed by atoms with Gasteiger partial charge in [0.2, 0.25) is 0 Å². The Morgan fingerprint density at radius 2 is 1.95 bits per heavy atom. The maximum Gasteiger partial charge on any atom is 0.313 e. The van der Waals surface area contributed by atoms with Gasteiger partial charge in [0.15, 0.2) is 0 Å². The zero-order chi connectivity index (χ0) is 15.5. The highest BCUT2D eigenvalue weighted by atomic mass is 35.5. The Morgan fingerprint density at radius 3 is 2.57 bits per heavy atom. The summed E-state index contributed by atoms with van der Waals surface area (Å²) in [6.07, 6.45) is 3.21. The minimum atomic E-state index is -0.869. The average molecular weight is 311 g/mol. The molecule has 6 heteroatoms. The number of anilines is 1. The van der Waals surface area contributed by atoms with E-state index in [9.17, 15) is 14.7 Å². The van der Waals surface area contributed by atoms with Crippen molar-refractivity contribution in [3.05, 3.63) is 28.8 Å². The molecule has 0 spiro atoms. The van der Waals surface area contributed by atoms with Gasteiger partial charge in [0, 0.05) is 17.3 Å². The maximum atomic E-state index is 11.8. The van der Waals surface area contributed by atoms with Crippen molar-refractivity contribution in [1.82, 2.24) is 5.32 Å². The van der Waals surface area contributed by atoms with Crippen LogP contribution in [-0.2, 0) is 9.59 Å². The lowest BCUT2D eigenvalue weighted by molar-refractivity contribution is -0.136. The Morgan fingerprint density at radius 1 is 1.29 bits per heavy atom. The number of carbonyl (C=O) groups excluding carboxylic acids is 2. The second-order valence-electron chi connectivity index (χ2n) is 5.53. The molecule has 0 saturated heterocycles. The zero-order valence-electron chi connectivity index (χ0n) is 11.9. The quantitative estimate of drug-likeness (QED) is 0.747. The monoisotopic (exact) mass is 310 g/mol. The van der Waals surface area contributed by atoms with Gasteiger partial charge >= 0.3 is 11.8 Å². The Labute approximate surface area is 128 Å². The molecule has 0 bridgehead atoms. The first-order valence-electron chi connectivity index (χ1n) is 6.97. The lowest BCUT2D eigenvalue weighted by Crippen LogP contribution is -2.44. The van der Waals surface area contributed by atoms with Gasteiger partial charge in [0.1, 0.15) is 0 Å². The summed E-state index contributed by atoms with van der Waals surface area (Å²) in [6, 6.07) is 4.99. The molecule has 0 aliphatic heterocycles. The van der Waals surface area contributed by atoms with Crippen LogP contribution in [0.25, 0.3) is 0 Å². The lowest BCUT2D eigenvalue weighted by atomic mass is 10.0. The summed E-state index contributed by atoms with van der Waals surface area (Å²) >= 11 is 5.83. The summed E-state index contributed by atoms with van der Waals surface area (Å²) < 4.78 is 0. The molecule has 1 fully saturated rings. The van der Waals surface area contributed by atoms with Gasteiger partial charge in [-0.25, -0.2) is 0 Å². The van der Waals surface area contributed by atoms with Gasteiger partial charge in [0.25, 0.3) is 0 Å². The lowest BCUT2D eigenvalue weighted by Gasteiger charge is -2.22. The molecule has 0 radical (unpaired) electrons. The predicted octanol–water partition coefficient (Wildman–Crippen LogP) is 2.01. The summed E-state index contributed by atoms with van der Waals surface area (Å²) in [5.41, 5.74) is 0.448. The van der Waals surface area contributed by atoms with Crippen molar-refractivity contribution in [2.45, 2.75) is 38.2 Å². The summed E-state index contributed by atoms with van der Waals surface area (Å²) in [6.45, 7) is 1.90. The van der Waals surface area contributed by atoms with Crippen LogP contribution in [0.5, 0.6) is 0 Å². The summed E-state index contributed by atoms with van der Waals surface area (Å²) in [7, 11) is 0. The molecule has 1 aromatic rings. The van der Waals surface area contributed by atoms with Crippen molar-refractivity contribution in [2.75, 3.05) is 11.9 Å². The van der Waals surface area contributed by atoms with Crippen LogP contribution >= 0.6 is 11.6 Å². The second kappa shape index (κ2) is 6.45. The van der Waals surface area contributed by atoms with Gasteiger partial charge in [-0.3, -0.25) is 9.59 Å². The highest BCUT2D eigenvalue weighted by Crippen LogP contribution is 2.28. The fraction of sp³-hybridized carbons (Fsp3) is 0.467. The molecule has 2 rings (SSSR count). The first-order valence-corrected chi connectivity index (χ1v) is 7.35. The Kier molecular flexibility index (Phi) is 4.85. The topological polar surface area (TPSA) is 78.4 Å². The zero-order valence-corrected chi connectivity index (χ0v) is 12.7. The van der Waals surface area contributed by atoms with Crippen molar-refractivity contribution in [3.63, 3.8) is 0 Å². The molecule has 0 heterocycles. The minimum Gasteiger partial charge on any atom is -0.388 e. The van der Waals surface area contributed by atoms with Crippen molar-refractivity contribution in [2.24, 2.45) is 0 Å². The van der Waals surface area contributed by atoms with E-state index in [4.69, 9.17) is 11.6 Å². The summed E-state index contributed by atoms with van der Waals surface area (Å²) in [5, 5.41) is 15.7. The van der Waals surface area contributed by atoms with E-state index in [1.54, 1.807) is 25.1 Å². The van der Waals surface area contributed by atoms with Crippen LogP contribution in [-0.4, -0.2) is 29.1 Å². The van der Waals surface area contributed by atoms with Crippen molar-refractivity contribution in [1.29, 1.82) is 0 Å². The van der Waals surface area contributed by atoms with Crippen LogP contribution in [0.15, 0.2) is 18.2 Å². The Hall–Kier alpha value is -1.59. The van der Waals surface area contributed by atoms with E-state index in [0.29, 0.717) is 23.6 Å². The largest absolute Gasteiger partial charge is 0.388 e. The molecule has 114 valence electrons. The molecule has 1 saturated carbocycles. The number of hydrogen-bond donors (Lipinski definition) is 3. The molecule has 0 unspecified atom stereocenters. The molecular formula is C15H19ClN2O3. The summed E-state index contributed by atoms with van der Waals surface area (Å²) in [4.78, 5) is 23.6. The van der Waals surface area contributed by atoms with Gasteiger partial charge in [-0.1, -0.05) is 24.4 Å². The van der Waals surface area contributed by atoms with E-state index in [1.807, 2.05) is 0 Å². The average Bonchev–Trinajstić information content (AvgIpc) is 2.86. The fourth-order valence-electron chi connectivity index (χ4n) is 2.48. The molecule has 3 N–H and O–H groups in total. The summed E-state index contributed by atoms with van der Waals surface area (Å²) in [5.74, 6) is -1.49. The van der Waals surface area contributed by atoms with Crippen molar-refractivity contribution >= 4 is 29.1 Å². The number of aliphatic hydroxyl groups is 1. The fourth-order valence-corrected chi connectivity index (χ4v) is 2.71. The van der Waals surface area contributed by atoms with E-state index >= 15 is 0 Å². The number of hydrogen-bond acceptors (Lipinski definition) is 3. The van der Waals surface area contributed by atoms with E-state index in [1.165, 1.54) is 0 Å². The van der Waals surface area contributed by atoms with Gasteiger partial charge in [-0.2, -0.15) is 0 Å². The van der Waals surface area contributed by atoms with Crippen molar-refractivity contribution < 1.29 is 14.7 Å². The molecule has 2 amide bonds. The molecule has 1 aliphatic carbocycles. The van der Waals surface area contributed by atoms with E-state index < -0.39 is 17.4 Å². The molecule has 21 heavy (non-hydrogen) atoms. The third kappa shape index (κ3) is 4.19. The third-order valence-electron chi connectivity index (χ3n) is 3.76. The normalized spacial score (nSPS) is 16.5. The second-order valence-corrected chi connectivity index (χ2v) is 5.96. The number of amides is 2. The van der Waals surface area contributed by atoms with Gasteiger partial charge in [-0.15, -0.1) is 0 Å².